The van der Waals surface area contributed by atoms with Gasteiger partial charge in [-0.1, -0.05) is 26.0 Å². The van der Waals surface area contributed by atoms with Gasteiger partial charge in [0, 0.05) is 13.1 Å². The van der Waals surface area contributed by atoms with Gasteiger partial charge in [-0.3, -0.25) is 4.79 Å². The third-order valence-corrected chi connectivity index (χ3v) is 3.35. The van der Waals surface area contributed by atoms with E-state index in [4.69, 9.17) is 0 Å². The molecule has 1 amide bonds. The number of tetrazole rings is 1. The molecule has 0 aliphatic heterocycles. The normalized spacial score (nSPS) is 10.8. The van der Waals surface area contributed by atoms with Crippen molar-refractivity contribution in [3.05, 3.63) is 36.2 Å². The summed E-state index contributed by atoms with van der Waals surface area (Å²) in [6, 6.07) is 7.26. The molecular weight excluding hydrogens is 268 g/mol. The molecule has 0 saturated heterocycles. The van der Waals surface area contributed by atoms with Crippen LogP contribution in [0.25, 0.3) is 5.69 Å². The fourth-order valence-electron chi connectivity index (χ4n) is 2.10. The summed E-state index contributed by atoms with van der Waals surface area (Å²) in [5, 5.41) is 14.0. The first kappa shape index (κ1) is 15.1. The molecule has 1 aromatic heterocycles. The molecule has 0 aliphatic carbocycles. The van der Waals surface area contributed by atoms with Crippen molar-refractivity contribution in [1.29, 1.82) is 0 Å². The molecule has 0 fully saturated rings. The molecule has 0 saturated carbocycles. The minimum Gasteiger partial charge on any atom is -0.351 e. The van der Waals surface area contributed by atoms with Crippen molar-refractivity contribution in [2.75, 3.05) is 26.2 Å². The van der Waals surface area contributed by atoms with Crippen LogP contribution in [0.5, 0.6) is 0 Å². The number of carbonyl (C=O) groups is 1. The van der Waals surface area contributed by atoms with E-state index in [0.717, 1.165) is 19.6 Å². The van der Waals surface area contributed by atoms with Gasteiger partial charge in [0.2, 0.25) is 0 Å². The number of carbonyl (C=O) groups excluding carboxylic acids is 1. The number of amides is 1. The zero-order valence-electron chi connectivity index (χ0n) is 12.4. The number of benzene rings is 1. The van der Waals surface area contributed by atoms with Crippen LogP contribution in [0, 0.1) is 0 Å². The van der Waals surface area contributed by atoms with Crippen molar-refractivity contribution >= 4 is 5.91 Å². The molecule has 1 aromatic carbocycles. The molecule has 0 unspecified atom stereocenters. The van der Waals surface area contributed by atoms with Crippen LogP contribution in [-0.4, -0.2) is 57.2 Å². The van der Waals surface area contributed by atoms with Crippen LogP contribution in [-0.2, 0) is 0 Å². The zero-order valence-corrected chi connectivity index (χ0v) is 12.4. The van der Waals surface area contributed by atoms with Crippen LogP contribution in [0.3, 0.4) is 0 Å². The highest BCUT2D eigenvalue weighted by Crippen LogP contribution is 2.12. The number of hydrogen-bond acceptors (Lipinski definition) is 5. The Bertz CT molecular complexity index is 565. The first-order chi connectivity index (χ1) is 10.3. The standard InChI is InChI=1S/C14H20N6O/c1-3-19(4-2)10-9-15-14(21)12-7-5-6-8-13(12)20-11-16-17-18-20/h5-8,11H,3-4,9-10H2,1-2H3,(H,15,21). The fourth-order valence-corrected chi connectivity index (χ4v) is 2.10. The summed E-state index contributed by atoms with van der Waals surface area (Å²) in [4.78, 5) is 14.6. The van der Waals surface area contributed by atoms with Gasteiger partial charge in [-0.2, -0.15) is 4.68 Å². The molecule has 21 heavy (non-hydrogen) atoms. The first-order valence-corrected chi connectivity index (χ1v) is 7.09. The highest BCUT2D eigenvalue weighted by atomic mass is 16.1. The van der Waals surface area contributed by atoms with E-state index in [-0.39, 0.29) is 5.91 Å². The van der Waals surface area contributed by atoms with E-state index >= 15 is 0 Å². The Balaban J connectivity index is 2.03. The Hall–Kier alpha value is -2.28. The number of likely N-dealkylation sites (N-methyl/N-ethyl adjacent to an activating group) is 1. The number of nitrogens with one attached hydrogen (secondary N) is 1. The quantitative estimate of drug-likeness (QED) is 0.813. The topological polar surface area (TPSA) is 75.9 Å². The van der Waals surface area contributed by atoms with Gasteiger partial charge in [0.25, 0.3) is 5.91 Å². The number of rotatable bonds is 7. The van der Waals surface area contributed by atoms with Crippen molar-refractivity contribution < 1.29 is 4.79 Å². The summed E-state index contributed by atoms with van der Waals surface area (Å²) in [7, 11) is 0. The molecule has 0 bridgehead atoms. The third-order valence-electron chi connectivity index (χ3n) is 3.35. The molecule has 1 N–H and O–H groups in total. The average Bonchev–Trinajstić information content (AvgIpc) is 3.05. The molecule has 0 spiro atoms. The van der Waals surface area contributed by atoms with Crippen LogP contribution < -0.4 is 5.32 Å². The maximum atomic E-state index is 12.3. The number of nitrogens with zero attached hydrogens (tertiary/aromatic N) is 5. The second-order valence-electron chi connectivity index (χ2n) is 4.55. The molecule has 1 heterocycles. The lowest BCUT2D eigenvalue weighted by atomic mass is 10.1. The van der Waals surface area contributed by atoms with E-state index in [1.807, 2.05) is 18.2 Å². The third kappa shape index (κ3) is 3.85. The summed E-state index contributed by atoms with van der Waals surface area (Å²) < 4.78 is 1.49. The lowest BCUT2D eigenvalue weighted by molar-refractivity contribution is 0.0948. The highest BCUT2D eigenvalue weighted by Gasteiger charge is 2.12. The lowest BCUT2D eigenvalue weighted by Crippen LogP contribution is -2.35. The van der Waals surface area contributed by atoms with Crippen molar-refractivity contribution in [3.8, 4) is 5.69 Å². The Morgan fingerprint density at radius 2 is 2.05 bits per heavy atom. The van der Waals surface area contributed by atoms with E-state index in [9.17, 15) is 4.79 Å². The van der Waals surface area contributed by atoms with Crippen LogP contribution in [0.4, 0.5) is 0 Å². The lowest BCUT2D eigenvalue weighted by Gasteiger charge is -2.18. The molecule has 0 radical (unpaired) electrons. The van der Waals surface area contributed by atoms with Crippen LogP contribution in [0.1, 0.15) is 24.2 Å². The second kappa shape index (κ2) is 7.49. The fraction of sp³-hybridized carbons (Fsp3) is 0.429. The monoisotopic (exact) mass is 288 g/mol. The Morgan fingerprint density at radius 1 is 1.29 bits per heavy atom. The second-order valence-corrected chi connectivity index (χ2v) is 4.55. The summed E-state index contributed by atoms with van der Waals surface area (Å²) in [6.07, 6.45) is 1.47. The summed E-state index contributed by atoms with van der Waals surface area (Å²) in [5.41, 5.74) is 1.23. The summed E-state index contributed by atoms with van der Waals surface area (Å²) in [6.45, 7) is 7.63. The summed E-state index contributed by atoms with van der Waals surface area (Å²) >= 11 is 0. The maximum absolute atomic E-state index is 12.3. The number of hydrogen-bond donors (Lipinski definition) is 1. The number of para-hydroxylation sites is 1. The minimum atomic E-state index is -0.117. The predicted molar refractivity (Wildman–Crippen MR) is 79.3 cm³/mol. The first-order valence-electron chi connectivity index (χ1n) is 7.09. The largest absolute Gasteiger partial charge is 0.351 e. The van der Waals surface area contributed by atoms with Gasteiger partial charge in [-0.05, 0) is 35.6 Å². The zero-order chi connectivity index (χ0) is 15.1. The van der Waals surface area contributed by atoms with Crippen LogP contribution >= 0.6 is 0 Å². The van der Waals surface area contributed by atoms with Gasteiger partial charge < -0.3 is 10.2 Å². The Morgan fingerprint density at radius 3 is 2.71 bits per heavy atom. The van der Waals surface area contributed by atoms with Crippen molar-refractivity contribution in [2.45, 2.75) is 13.8 Å². The maximum Gasteiger partial charge on any atom is 0.253 e. The Kier molecular flexibility index (Phi) is 5.39. The molecule has 7 nitrogen and oxygen atoms in total. The van der Waals surface area contributed by atoms with Gasteiger partial charge in [0.05, 0.1) is 11.3 Å². The van der Waals surface area contributed by atoms with Crippen LogP contribution in [0.2, 0.25) is 0 Å². The highest BCUT2D eigenvalue weighted by molar-refractivity contribution is 5.97. The van der Waals surface area contributed by atoms with E-state index in [2.05, 4.69) is 39.6 Å². The van der Waals surface area contributed by atoms with Gasteiger partial charge in [-0.25, -0.2) is 0 Å². The van der Waals surface area contributed by atoms with Crippen molar-refractivity contribution in [1.82, 2.24) is 30.4 Å². The molecule has 7 heteroatoms. The van der Waals surface area contributed by atoms with Crippen molar-refractivity contribution in [2.24, 2.45) is 0 Å². The van der Waals surface area contributed by atoms with E-state index in [0.29, 0.717) is 17.8 Å². The predicted octanol–water partition coefficient (Wildman–Crippen LogP) is 0.734. The number of aromatic nitrogens is 4. The molecule has 0 atom stereocenters. The van der Waals surface area contributed by atoms with Crippen molar-refractivity contribution in [3.63, 3.8) is 0 Å². The van der Waals surface area contributed by atoms with E-state index < -0.39 is 0 Å². The average molecular weight is 288 g/mol. The minimum absolute atomic E-state index is 0.117. The molecule has 112 valence electrons. The SMILES string of the molecule is CCN(CC)CCNC(=O)c1ccccc1-n1cnnn1. The van der Waals surface area contributed by atoms with Gasteiger partial charge in [0.1, 0.15) is 6.33 Å². The smallest absolute Gasteiger partial charge is 0.253 e. The van der Waals surface area contributed by atoms with E-state index in [1.54, 1.807) is 6.07 Å². The van der Waals surface area contributed by atoms with E-state index in [1.165, 1.54) is 11.0 Å². The molecule has 0 aliphatic rings. The van der Waals surface area contributed by atoms with Gasteiger partial charge >= 0.3 is 0 Å². The molecule has 2 aromatic rings. The van der Waals surface area contributed by atoms with Crippen LogP contribution in [0.15, 0.2) is 30.6 Å². The molecule has 2 rings (SSSR count). The van der Waals surface area contributed by atoms with Gasteiger partial charge in [0.15, 0.2) is 0 Å². The van der Waals surface area contributed by atoms with Gasteiger partial charge in [-0.15, -0.1) is 5.10 Å². The summed E-state index contributed by atoms with van der Waals surface area (Å²) in [5.74, 6) is -0.117. The molecular formula is C14H20N6O. The Labute approximate surface area is 123 Å².